The van der Waals surface area contributed by atoms with Gasteiger partial charge in [-0.05, 0) is 60.1 Å². The van der Waals surface area contributed by atoms with Crippen molar-refractivity contribution in [3.63, 3.8) is 0 Å². The van der Waals surface area contributed by atoms with E-state index in [1.807, 2.05) is 11.4 Å². The van der Waals surface area contributed by atoms with Crippen LogP contribution in [-0.4, -0.2) is 16.9 Å². The highest BCUT2D eigenvalue weighted by molar-refractivity contribution is 7.80. The van der Waals surface area contributed by atoms with E-state index in [2.05, 4.69) is 16.0 Å². The number of hydrogen-bond acceptors (Lipinski definition) is 5. The highest BCUT2D eigenvalue weighted by Gasteiger charge is 2.18. The van der Waals surface area contributed by atoms with Crippen molar-refractivity contribution in [2.75, 3.05) is 10.6 Å². The van der Waals surface area contributed by atoms with E-state index >= 15 is 0 Å². The minimum atomic E-state index is -0.403. The molecular formula is C21H13Cl2N3O2S3. The van der Waals surface area contributed by atoms with Crippen LogP contribution in [0.3, 0.4) is 0 Å². The summed E-state index contributed by atoms with van der Waals surface area (Å²) in [6, 6.07) is 15.8. The Balaban J connectivity index is 1.38. The summed E-state index contributed by atoms with van der Waals surface area (Å²) < 4.78 is 0.821. The third kappa shape index (κ3) is 5.06. The molecule has 4 rings (SSSR count). The van der Waals surface area contributed by atoms with Crippen molar-refractivity contribution in [1.82, 2.24) is 5.32 Å². The van der Waals surface area contributed by atoms with Crippen molar-refractivity contribution in [2.45, 2.75) is 0 Å². The van der Waals surface area contributed by atoms with Gasteiger partial charge in [0.05, 0.1) is 9.90 Å². The van der Waals surface area contributed by atoms with E-state index in [1.165, 1.54) is 22.7 Å². The zero-order valence-corrected chi connectivity index (χ0v) is 19.5. The lowest BCUT2D eigenvalue weighted by atomic mass is 10.2. The number of thiophene rings is 2. The van der Waals surface area contributed by atoms with Crippen LogP contribution < -0.4 is 16.0 Å². The Bertz CT molecular complexity index is 1290. The number of nitrogens with one attached hydrogen (secondary N) is 3. The average molecular weight is 506 g/mol. The second kappa shape index (κ2) is 9.33. The quantitative estimate of drug-likeness (QED) is 0.271. The maximum Gasteiger partial charge on any atom is 0.269 e. The molecule has 0 fully saturated rings. The lowest BCUT2D eigenvalue weighted by Crippen LogP contribution is -2.33. The van der Waals surface area contributed by atoms with E-state index in [4.69, 9.17) is 35.4 Å². The van der Waals surface area contributed by atoms with Crippen LogP contribution in [0.4, 0.5) is 11.4 Å². The standard InChI is InChI=1S/C21H13Cl2N3O2S3/c22-11-3-8-14-16(10-11)31-18(17(14)23)20(28)26-21(29)25-13-6-4-12(5-7-13)24-19(27)15-2-1-9-30-15/h1-10H,(H,24,27)(H2,25,26,28,29). The molecule has 2 aromatic heterocycles. The van der Waals surface area contributed by atoms with E-state index in [0.717, 1.165) is 10.1 Å². The van der Waals surface area contributed by atoms with Crippen LogP contribution in [0.5, 0.6) is 0 Å². The molecule has 156 valence electrons. The molecule has 0 aliphatic heterocycles. The van der Waals surface area contributed by atoms with Gasteiger partial charge in [-0.3, -0.25) is 14.9 Å². The molecule has 0 atom stereocenters. The molecule has 0 spiro atoms. The highest BCUT2D eigenvalue weighted by Crippen LogP contribution is 2.36. The molecule has 0 unspecified atom stereocenters. The van der Waals surface area contributed by atoms with Crippen LogP contribution >= 0.6 is 58.1 Å². The molecule has 3 N–H and O–H groups in total. The van der Waals surface area contributed by atoms with Crippen LogP contribution in [-0.2, 0) is 0 Å². The Morgan fingerprint density at radius 1 is 0.903 bits per heavy atom. The Morgan fingerprint density at radius 3 is 2.29 bits per heavy atom. The highest BCUT2D eigenvalue weighted by atomic mass is 35.5. The summed E-state index contributed by atoms with van der Waals surface area (Å²) in [5.74, 6) is -0.570. The van der Waals surface area contributed by atoms with Crippen molar-refractivity contribution in [3.8, 4) is 0 Å². The predicted molar refractivity (Wildman–Crippen MR) is 134 cm³/mol. The maximum absolute atomic E-state index is 12.6. The first-order valence-electron chi connectivity index (χ1n) is 8.85. The first kappa shape index (κ1) is 21.7. The fourth-order valence-electron chi connectivity index (χ4n) is 2.74. The lowest BCUT2D eigenvalue weighted by molar-refractivity contribution is 0.0980. The molecule has 2 heterocycles. The Morgan fingerprint density at radius 2 is 1.61 bits per heavy atom. The van der Waals surface area contributed by atoms with Gasteiger partial charge in [0.1, 0.15) is 4.88 Å². The van der Waals surface area contributed by atoms with E-state index < -0.39 is 5.91 Å². The molecule has 0 saturated carbocycles. The normalized spacial score (nSPS) is 10.6. The molecule has 10 heteroatoms. The van der Waals surface area contributed by atoms with Gasteiger partial charge in [0.15, 0.2) is 5.11 Å². The number of fused-ring (bicyclic) bond motifs is 1. The SMILES string of the molecule is O=C(Nc1ccc(NC(=S)NC(=O)c2sc3cc(Cl)ccc3c2Cl)cc1)c1cccs1. The molecule has 0 saturated heterocycles. The van der Waals surface area contributed by atoms with E-state index in [-0.39, 0.29) is 11.0 Å². The van der Waals surface area contributed by atoms with Gasteiger partial charge in [-0.25, -0.2) is 0 Å². The Labute approximate surface area is 201 Å². The van der Waals surface area contributed by atoms with Crippen molar-refractivity contribution < 1.29 is 9.59 Å². The van der Waals surface area contributed by atoms with E-state index in [9.17, 15) is 9.59 Å². The van der Waals surface area contributed by atoms with Crippen molar-refractivity contribution in [3.05, 3.63) is 79.8 Å². The minimum absolute atomic E-state index is 0.131. The zero-order chi connectivity index (χ0) is 22.0. The van der Waals surface area contributed by atoms with Gasteiger partial charge >= 0.3 is 0 Å². The maximum atomic E-state index is 12.6. The number of rotatable bonds is 4. The summed E-state index contributed by atoms with van der Waals surface area (Å²) in [6.45, 7) is 0. The minimum Gasteiger partial charge on any atom is -0.332 e. The van der Waals surface area contributed by atoms with Crippen LogP contribution in [0.1, 0.15) is 19.3 Å². The summed E-state index contributed by atoms with van der Waals surface area (Å²) in [4.78, 5) is 25.7. The smallest absolute Gasteiger partial charge is 0.269 e. The number of carbonyl (C=O) groups is 2. The van der Waals surface area contributed by atoms with Gasteiger partial charge in [0.25, 0.3) is 11.8 Å². The van der Waals surface area contributed by atoms with E-state index in [1.54, 1.807) is 48.5 Å². The monoisotopic (exact) mass is 505 g/mol. The molecule has 0 radical (unpaired) electrons. The summed E-state index contributed by atoms with van der Waals surface area (Å²) in [6.07, 6.45) is 0. The number of thiocarbonyl (C=S) groups is 1. The van der Waals surface area contributed by atoms with Gasteiger partial charge < -0.3 is 10.6 Å². The number of anilines is 2. The molecule has 5 nitrogen and oxygen atoms in total. The summed E-state index contributed by atoms with van der Waals surface area (Å²) >= 11 is 20.2. The molecular weight excluding hydrogens is 493 g/mol. The summed E-state index contributed by atoms with van der Waals surface area (Å²) in [7, 11) is 0. The summed E-state index contributed by atoms with van der Waals surface area (Å²) in [5, 5.41) is 12.1. The third-order valence-corrected chi connectivity index (χ3v) is 7.13. The van der Waals surface area contributed by atoms with Gasteiger partial charge in [-0.2, -0.15) is 0 Å². The van der Waals surface area contributed by atoms with Crippen LogP contribution in [0, 0.1) is 0 Å². The number of carbonyl (C=O) groups excluding carboxylic acids is 2. The van der Waals surface area contributed by atoms with Gasteiger partial charge in [0.2, 0.25) is 0 Å². The van der Waals surface area contributed by atoms with Crippen molar-refractivity contribution in [1.29, 1.82) is 0 Å². The molecule has 2 aromatic carbocycles. The van der Waals surface area contributed by atoms with Gasteiger partial charge in [-0.1, -0.05) is 35.3 Å². The predicted octanol–water partition coefficient (Wildman–Crippen LogP) is 6.65. The largest absolute Gasteiger partial charge is 0.332 e. The number of halogens is 2. The molecule has 0 bridgehead atoms. The fraction of sp³-hybridized carbons (Fsp3) is 0. The zero-order valence-electron chi connectivity index (χ0n) is 15.6. The van der Waals surface area contributed by atoms with Crippen molar-refractivity contribution in [2.24, 2.45) is 0 Å². The molecule has 0 aliphatic carbocycles. The average Bonchev–Trinajstić information content (AvgIpc) is 3.38. The van der Waals surface area contributed by atoms with Gasteiger partial charge in [-0.15, -0.1) is 22.7 Å². The Kier molecular flexibility index (Phi) is 6.54. The second-order valence-electron chi connectivity index (χ2n) is 6.30. The topological polar surface area (TPSA) is 70.2 Å². The van der Waals surface area contributed by atoms with E-state index in [0.29, 0.717) is 31.2 Å². The van der Waals surface area contributed by atoms with Gasteiger partial charge in [0, 0.05) is 26.5 Å². The third-order valence-electron chi connectivity index (χ3n) is 4.17. The molecule has 4 aromatic rings. The second-order valence-corrected chi connectivity index (χ2v) is 9.53. The molecule has 2 amide bonds. The number of amides is 2. The van der Waals surface area contributed by atoms with Crippen LogP contribution in [0.25, 0.3) is 10.1 Å². The van der Waals surface area contributed by atoms with Crippen molar-refractivity contribution >= 4 is 96.5 Å². The van der Waals surface area contributed by atoms with Crippen LogP contribution in [0.2, 0.25) is 10.0 Å². The fourth-order valence-corrected chi connectivity index (χ4v) is 5.26. The number of benzene rings is 2. The molecule has 0 aliphatic rings. The summed E-state index contributed by atoms with van der Waals surface area (Å²) in [5.41, 5.74) is 1.31. The van der Waals surface area contributed by atoms with Crippen LogP contribution in [0.15, 0.2) is 60.0 Å². The first-order chi connectivity index (χ1) is 14.9. The number of hydrogen-bond donors (Lipinski definition) is 3. The lowest BCUT2D eigenvalue weighted by Gasteiger charge is -2.10. The first-order valence-corrected chi connectivity index (χ1v) is 11.7. The Hall–Kier alpha value is -2.49. The molecule has 31 heavy (non-hydrogen) atoms.